The van der Waals surface area contributed by atoms with Crippen LogP contribution in [0.25, 0.3) is 11.0 Å². The molecular weight excluding hydrogens is 252 g/mol. The fraction of sp³-hybridized carbons (Fsp3) is 0.357. The topological polar surface area (TPSA) is 74.5 Å². The van der Waals surface area contributed by atoms with Gasteiger partial charge in [0, 0.05) is 24.0 Å². The number of anilines is 1. The minimum atomic E-state index is 0.539. The molecule has 0 spiro atoms. The second kappa shape index (κ2) is 4.33. The fourth-order valence-corrected chi connectivity index (χ4v) is 2.56. The predicted molar refractivity (Wildman–Crippen MR) is 78.5 cm³/mol. The first-order valence-corrected chi connectivity index (χ1v) is 6.54. The van der Waals surface area contributed by atoms with Crippen molar-refractivity contribution < 1.29 is 0 Å². The minimum absolute atomic E-state index is 0.539. The number of nitrogens with zero attached hydrogens (tertiary/aromatic N) is 5. The lowest BCUT2D eigenvalue weighted by Gasteiger charge is -2.07. The minimum Gasteiger partial charge on any atom is -0.383 e. The summed E-state index contributed by atoms with van der Waals surface area (Å²) in [5.41, 5.74) is 11.5. The molecule has 3 rings (SSSR count). The summed E-state index contributed by atoms with van der Waals surface area (Å²) >= 11 is 0. The van der Waals surface area contributed by atoms with Crippen LogP contribution in [0.5, 0.6) is 0 Å². The molecule has 0 aliphatic heterocycles. The Balaban J connectivity index is 2.19. The standard InChI is InChI=1S/C14H18N6/c1-8-9(2)20(6-11-5-18-19(4)10(11)3)14-12(8)13(15)16-7-17-14/h5,7H,6H2,1-4H3,(H2,15,16,17). The molecule has 6 nitrogen and oxygen atoms in total. The van der Waals surface area contributed by atoms with Crippen molar-refractivity contribution in [2.75, 3.05) is 5.73 Å². The number of aromatic nitrogens is 5. The van der Waals surface area contributed by atoms with Crippen molar-refractivity contribution in [2.45, 2.75) is 27.3 Å². The van der Waals surface area contributed by atoms with Crippen molar-refractivity contribution >= 4 is 16.9 Å². The summed E-state index contributed by atoms with van der Waals surface area (Å²) in [6, 6.07) is 0. The second-order valence-corrected chi connectivity index (χ2v) is 5.13. The Labute approximate surface area is 117 Å². The van der Waals surface area contributed by atoms with Gasteiger partial charge in [0.25, 0.3) is 0 Å². The van der Waals surface area contributed by atoms with Crippen LogP contribution in [0, 0.1) is 20.8 Å². The van der Waals surface area contributed by atoms with Crippen molar-refractivity contribution in [3.8, 4) is 0 Å². The molecule has 0 bridgehead atoms. The number of hydrogen-bond donors (Lipinski definition) is 1. The van der Waals surface area contributed by atoms with Gasteiger partial charge < -0.3 is 10.3 Å². The molecule has 0 amide bonds. The van der Waals surface area contributed by atoms with Crippen molar-refractivity contribution in [1.29, 1.82) is 0 Å². The Bertz CT molecular complexity index is 796. The molecule has 20 heavy (non-hydrogen) atoms. The van der Waals surface area contributed by atoms with Gasteiger partial charge in [0.15, 0.2) is 0 Å². The summed E-state index contributed by atoms with van der Waals surface area (Å²) in [7, 11) is 1.95. The van der Waals surface area contributed by atoms with E-state index < -0.39 is 0 Å². The Morgan fingerprint density at radius 3 is 2.55 bits per heavy atom. The molecule has 3 aromatic heterocycles. The molecule has 104 valence electrons. The Kier molecular flexibility index (Phi) is 2.74. The van der Waals surface area contributed by atoms with Crippen LogP contribution in [0.1, 0.15) is 22.5 Å². The lowest BCUT2D eigenvalue weighted by Crippen LogP contribution is -2.04. The van der Waals surface area contributed by atoms with Gasteiger partial charge in [-0.3, -0.25) is 4.68 Å². The third kappa shape index (κ3) is 1.68. The maximum Gasteiger partial charge on any atom is 0.146 e. The van der Waals surface area contributed by atoms with E-state index in [1.54, 1.807) is 0 Å². The molecule has 0 aromatic carbocycles. The average Bonchev–Trinajstić information content (AvgIpc) is 2.86. The normalized spacial score (nSPS) is 11.4. The molecule has 0 atom stereocenters. The van der Waals surface area contributed by atoms with E-state index in [4.69, 9.17) is 5.73 Å². The quantitative estimate of drug-likeness (QED) is 0.769. The maximum absolute atomic E-state index is 5.99. The number of aryl methyl sites for hydroxylation is 2. The van der Waals surface area contributed by atoms with E-state index in [1.165, 1.54) is 11.9 Å². The molecule has 3 aromatic rings. The molecule has 6 heteroatoms. The zero-order valence-electron chi connectivity index (χ0n) is 12.2. The average molecular weight is 270 g/mol. The molecule has 0 fully saturated rings. The first-order valence-electron chi connectivity index (χ1n) is 6.54. The summed E-state index contributed by atoms with van der Waals surface area (Å²) < 4.78 is 4.05. The Morgan fingerprint density at radius 1 is 1.15 bits per heavy atom. The summed E-state index contributed by atoms with van der Waals surface area (Å²) in [6.07, 6.45) is 3.42. The fourth-order valence-electron chi connectivity index (χ4n) is 2.56. The van der Waals surface area contributed by atoms with Crippen LogP contribution in [-0.4, -0.2) is 24.3 Å². The highest BCUT2D eigenvalue weighted by Crippen LogP contribution is 2.27. The number of rotatable bonds is 2. The molecule has 0 radical (unpaired) electrons. The van der Waals surface area contributed by atoms with Gasteiger partial charge in [0.05, 0.1) is 18.1 Å². The second-order valence-electron chi connectivity index (χ2n) is 5.13. The highest BCUT2D eigenvalue weighted by Gasteiger charge is 2.16. The van der Waals surface area contributed by atoms with Crippen molar-refractivity contribution in [3.05, 3.63) is 35.0 Å². The number of fused-ring (bicyclic) bond motifs is 1. The predicted octanol–water partition coefficient (Wildman–Crippen LogP) is 1.72. The van der Waals surface area contributed by atoms with Crippen LogP contribution in [-0.2, 0) is 13.6 Å². The molecule has 0 saturated heterocycles. The highest BCUT2D eigenvalue weighted by atomic mass is 15.3. The lowest BCUT2D eigenvalue weighted by molar-refractivity contribution is 0.730. The van der Waals surface area contributed by atoms with Gasteiger partial charge in [-0.15, -0.1) is 0 Å². The number of nitrogens with two attached hydrogens (primary N) is 1. The van der Waals surface area contributed by atoms with Crippen LogP contribution in [0.4, 0.5) is 5.82 Å². The summed E-state index contributed by atoms with van der Waals surface area (Å²) in [6.45, 7) is 6.96. The Morgan fingerprint density at radius 2 is 1.90 bits per heavy atom. The third-order valence-electron chi connectivity index (χ3n) is 4.10. The number of hydrogen-bond acceptors (Lipinski definition) is 4. The van der Waals surface area contributed by atoms with E-state index in [2.05, 4.69) is 40.4 Å². The van der Waals surface area contributed by atoms with Crippen LogP contribution in [0.3, 0.4) is 0 Å². The van der Waals surface area contributed by atoms with Crippen LogP contribution in [0.15, 0.2) is 12.5 Å². The highest BCUT2D eigenvalue weighted by molar-refractivity contribution is 5.90. The molecule has 3 heterocycles. The van der Waals surface area contributed by atoms with E-state index in [9.17, 15) is 0 Å². The third-order valence-corrected chi connectivity index (χ3v) is 4.10. The van der Waals surface area contributed by atoms with Gasteiger partial charge in [-0.25, -0.2) is 9.97 Å². The lowest BCUT2D eigenvalue weighted by atomic mass is 10.2. The molecular formula is C14H18N6. The SMILES string of the molecule is Cc1c(C)n(Cc2cnn(C)c2C)c2ncnc(N)c12. The van der Waals surface area contributed by atoms with Gasteiger partial charge in [-0.2, -0.15) is 5.10 Å². The van der Waals surface area contributed by atoms with Gasteiger partial charge in [0.2, 0.25) is 0 Å². The van der Waals surface area contributed by atoms with Gasteiger partial charge in [0.1, 0.15) is 17.8 Å². The van der Waals surface area contributed by atoms with Crippen LogP contribution < -0.4 is 5.73 Å². The molecule has 0 aliphatic carbocycles. The number of nitrogen functional groups attached to an aromatic ring is 1. The van der Waals surface area contributed by atoms with E-state index >= 15 is 0 Å². The first kappa shape index (κ1) is 12.7. The van der Waals surface area contributed by atoms with E-state index in [0.29, 0.717) is 5.82 Å². The summed E-state index contributed by atoms with van der Waals surface area (Å²) in [5.74, 6) is 0.539. The van der Waals surface area contributed by atoms with Crippen molar-refractivity contribution in [2.24, 2.45) is 7.05 Å². The van der Waals surface area contributed by atoms with E-state index in [0.717, 1.165) is 34.5 Å². The zero-order valence-corrected chi connectivity index (χ0v) is 12.2. The molecule has 0 unspecified atom stereocenters. The van der Waals surface area contributed by atoms with Crippen LogP contribution in [0.2, 0.25) is 0 Å². The smallest absolute Gasteiger partial charge is 0.146 e. The van der Waals surface area contributed by atoms with Gasteiger partial charge in [-0.1, -0.05) is 0 Å². The van der Waals surface area contributed by atoms with E-state index in [-0.39, 0.29) is 0 Å². The summed E-state index contributed by atoms with van der Waals surface area (Å²) in [4.78, 5) is 8.49. The molecule has 0 aliphatic rings. The van der Waals surface area contributed by atoms with Crippen molar-refractivity contribution in [3.63, 3.8) is 0 Å². The van der Waals surface area contributed by atoms with Crippen LogP contribution >= 0.6 is 0 Å². The largest absolute Gasteiger partial charge is 0.383 e. The maximum atomic E-state index is 5.99. The van der Waals surface area contributed by atoms with Crippen molar-refractivity contribution in [1.82, 2.24) is 24.3 Å². The van der Waals surface area contributed by atoms with E-state index in [1.807, 2.05) is 17.9 Å². The summed E-state index contributed by atoms with van der Waals surface area (Å²) in [5, 5.41) is 5.24. The molecule has 2 N–H and O–H groups in total. The zero-order chi connectivity index (χ0) is 14.4. The van der Waals surface area contributed by atoms with Gasteiger partial charge >= 0.3 is 0 Å². The Hall–Kier alpha value is -2.37. The molecule has 0 saturated carbocycles. The first-order chi connectivity index (χ1) is 9.50. The monoisotopic (exact) mass is 270 g/mol. The van der Waals surface area contributed by atoms with Gasteiger partial charge in [-0.05, 0) is 26.3 Å².